The van der Waals surface area contributed by atoms with Gasteiger partial charge in [-0.2, -0.15) is 0 Å². The molecule has 0 saturated heterocycles. The molecule has 3 heteroatoms. The van der Waals surface area contributed by atoms with E-state index in [1.165, 1.54) is 11.1 Å². The molecule has 98 valence electrons. The molecular formula is C16H18N2O. The van der Waals surface area contributed by atoms with Gasteiger partial charge in [0.2, 0.25) is 0 Å². The van der Waals surface area contributed by atoms with Gasteiger partial charge in [-0.3, -0.25) is 4.98 Å². The summed E-state index contributed by atoms with van der Waals surface area (Å²) < 4.78 is 5.91. The van der Waals surface area contributed by atoms with E-state index in [4.69, 9.17) is 10.5 Å². The Labute approximate surface area is 113 Å². The minimum Gasteiger partial charge on any atom is -0.493 e. The van der Waals surface area contributed by atoms with E-state index in [2.05, 4.69) is 30.1 Å². The monoisotopic (exact) mass is 254 g/mol. The van der Waals surface area contributed by atoms with Crippen LogP contribution in [-0.4, -0.2) is 18.1 Å². The van der Waals surface area contributed by atoms with Crippen LogP contribution < -0.4 is 10.5 Å². The minimum atomic E-state index is 0.403. The Kier molecular flexibility index (Phi) is 3.22. The molecule has 0 bridgehead atoms. The number of fused-ring (bicyclic) bond motifs is 1. The van der Waals surface area contributed by atoms with Crippen molar-refractivity contribution in [2.75, 3.05) is 13.2 Å². The van der Waals surface area contributed by atoms with Crippen LogP contribution in [0.5, 0.6) is 5.75 Å². The van der Waals surface area contributed by atoms with E-state index in [1.807, 2.05) is 18.5 Å². The van der Waals surface area contributed by atoms with Gasteiger partial charge in [-0.25, -0.2) is 0 Å². The fraction of sp³-hybridized carbons (Fsp3) is 0.312. The van der Waals surface area contributed by atoms with Crippen LogP contribution in [0, 0.1) is 6.92 Å². The first-order valence-electron chi connectivity index (χ1n) is 6.68. The molecule has 0 spiro atoms. The average Bonchev–Trinajstić information content (AvgIpc) is 2.46. The zero-order chi connectivity index (χ0) is 13.2. The number of benzene rings is 1. The number of pyridine rings is 1. The van der Waals surface area contributed by atoms with E-state index in [-0.39, 0.29) is 0 Å². The van der Waals surface area contributed by atoms with Crippen molar-refractivity contribution >= 4 is 0 Å². The highest BCUT2D eigenvalue weighted by Crippen LogP contribution is 2.41. The normalized spacial score (nSPS) is 17.7. The van der Waals surface area contributed by atoms with E-state index in [9.17, 15) is 0 Å². The molecule has 1 aromatic carbocycles. The van der Waals surface area contributed by atoms with E-state index >= 15 is 0 Å². The number of rotatable bonds is 2. The average molecular weight is 254 g/mol. The van der Waals surface area contributed by atoms with Crippen molar-refractivity contribution in [2.24, 2.45) is 5.73 Å². The lowest BCUT2D eigenvalue weighted by molar-refractivity contribution is 0.270. The van der Waals surface area contributed by atoms with Gasteiger partial charge >= 0.3 is 0 Å². The first-order chi connectivity index (χ1) is 9.31. The summed E-state index contributed by atoms with van der Waals surface area (Å²) in [7, 11) is 0. The highest BCUT2D eigenvalue weighted by molar-refractivity contribution is 5.74. The van der Waals surface area contributed by atoms with E-state index in [0.717, 1.165) is 29.9 Å². The maximum atomic E-state index is 5.91. The molecule has 1 aromatic heterocycles. The molecule has 1 aliphatic heterocycles. The molecular weight excluding hydrogens is 236 g/mol. The lowest BCUT2D eigenvalue weighted by Gasteiger charge is -2.27. The summed E-state index contributed by atoms with van der Waals surface area (Å²) in [6.45, 7) is 3.51. The summed E-state index contributed by atoms with van der Waals surface area (Å²) >= 11 is 0. The molecule has 0 saturated carbocycles. The third-order valence-electron chi connectivity index (χ3n) is 3.81. The van der Waals surface area contributed by atoms with Crippen molar-refractivity contribution in [3.8, 4) is 16.9 Å². The fourth-order valence-electron chi connectivity index (χ4n) is 2.70. The lowest BCUT2D eigenvalue weighted by Crippen LogP contribution is -2.21. The number of nitrogens with two attached hydrogens (primary N) is 1. The lowest BCUT2D eigenvalue weighted by atomic mass is 9.89. The third kappa shape index (κ3) is 2.10. The molecule has 2 heterocycles. The molecule has 0 fully saturated rings. The van der Waals surface area contributed by atoms with Crippen molar-refractivity contribution in [2.45, 2.75) is 19.3 Å². The Bertz CT molecular complexity index is 595. The number of aromatic nitrogens is 1. The molecule has 0 amide bonds. The molecule has 2 aromatic rings. The number of para-hydroxylation sites is 1. The van der Waals surface area contributed by atoms with Gasteiger partial charge in [0.15, 0.2) is 0 Å². The molecule has 1 atom stereocenters. The highest BCUT2D eigenvalue weighted by Gasteiger charge is 2.23. The first-order valence-corrected chi connectivity index (χ1v) is 6.68. The zero-order valence-corrected chi connectivity index (χ0v) is 11.1. The topological polar surface area (TPSA) is 48.1 Å². The Balaban J connectivity index is 2.16. The van der Waals surface area contributed by atoms with Gasteiger partial charge in [-0.1, -0.05) is 18.2 Å². The van der Waals surface area contributed by atoms with Gasteiger partial charge in [-0.05, 0) is 37.1 Å². The van der Waals surface area contributed by atoms with Crippen molar-refractivity contribution in [3.63, 3.8) is 0 Å². The Morgan fingerprint density at radius 2 is 2.21 bits per heavy atom. The second-order valence-corrected chi connectivity index (χ2v) is 4.98. The van der Waals surface area contributed by atoms with Crippen LogP contribution in [0.3, 0.4) is 0 Å². The second kappa shape index (κ2) is 5.02. The third-order valence-corrected chi connectivity index (χ3v) is 3.81. The van der Waals surface area contributed by atoms with Crippen molar-refractivity contribution in [1.29, 1.82) is 0 Å². The largest absolute Gasteiger partial charge is 0.493 e. The predicted molar refractivity (Wildman–Crippen MR) is 76.3 cm³/mol. The fourth-order valence-corrected chi connectivity index (χ4v) is 2.70. The van der Waals surface area contributed by atoms with Gasteiger partial charge in [0, 0.05) is 29.4 Å². The molecule has 3 rings (SSSR count). The van der Waals surface area contributed by atoms with Gasteiger partial charge in [0.05, 0.1) is 6.61 Å². The Morgan fingerprint density at radius 3 is 3.00 bits per heavy atom. The highest BCUT2D eigenvalue weighted by atomic mass is 16.5. The van der Waals surface area contributed by atoms with Crippen LogP contribution in [-0.2, 0) is 0 Å². The number of ether oxygens (including phenoxy) is 1. The summed E-state index contributed by atoms with van der Waals surface area (Å²) in [5.41, 5.74) is 10.6. The summed E-state index contributed by atoms with van der Waals surface area (Å²) in [5.74, 6) is 1.39. The first kappa shape index (κ1) is 12.2. The Hall–Kier alpha value is -1.87. The van der Waals surface area contributed by atoms with Crippen LogP contribution in [0.15, 0.2) is 36.7 Å². The van der Waals surface area contributed by atoms with Crippen LogP contribution in [0.1, 0.15) is 23.5 Å². The summed E-state index contributed by atoms with van der Waals surface area (Å²) in [5, 5.41) is 0. The number of nitrogens with zero attached hydrogens (tertiary/aromatic N) is 1. The molecule has 19 heavy (non-hydrogen) atoms. The molecule has 1 unspecified atom stereocenters. The van der Waals surface area contributed by atoms with Crippen LogP contribution >= 0.6 is 0 Å². The quantitative estimate of drug-likeness (QED) is 0.896. The van der Waals surface area contributed by atoms with Crippen LogP contribution in [0.2, 0.25) is 0 Å². The van der Waals surface area contributed by atoms with Gasteiger partial charge in [0.25, 0.3) is 0 Å². The maximum Gasteiger partial charge on any atom is 0.130 e. The van der Waals surface area contributed by atoms with E-state index in [1.54, 1.807) is 0 Å². The molecule has 1 aliphatic rings. The second-order valence-electron chi connectivity index (χ2n) is 4.98. The molecule has 3 nitrogen and oxygen atoms in total. The number of hydrogen-bond donors (Lipinski definition) is 1. The molecule has 0 aliphatic carbocycles. The van der Waals surface area contributed by atoms with Crippen molar-refractivity contribution in [3.05, 3.63) is 47.8 Å². The number of aryl methyl sites for hydroxylation is 1. The standard InChI is InChI=1S/C16H18N2O/c1-11-5-7-18-10-15(11)14-4-2-3-13-12(9-17)6-8-19-16(13)14/h2-5,7,10,12H,6,8-9,17H2,1H3. The smallest absolute Gasteiger partial charge is 0.130 e. The predicted octanol–water partition coefficient (Wildman–Crippen LogP) is 2.88. The minimum absolute atomic E-state index is 0.403. The summed E-state index contributed by atoms with van der Waals surface area (Å²) in [6.07, 6.45) is 4.72. The van der Waals surface area contributed by atoms with Crippen molar-refractivity contribution in [1.82, 2.24) is 4.98 Å². The van der Waals surface area contributed by atoms with Crippen molar-refractivity contribution < 1.29 is 4.74 Å². The maximum absolute atomic E-state index is 5.91. The SMILES string of the molecule is Cc1ccncc1-c1cccc2c1OCCC2CN. The molecule has 2 N–H and O–H groups in total. The van der Waals surface area contributed by atoms with Crippen LogP contribution in [0.4, 0.5) is 0 Å². The number of hydrogen-bond acceptors (Lipinski definition) is 3. The van der Waals surface area contributed by atoms with E-state index < -0.39 is 0 Å². The molecule has 0 radical (unpaired) electrons. The van der Waals surface area contributed by atoms with E-state index in [0.29, 0.717) is 12.5 Å². The zero-order valence-electron chi connectivity index (χ0n) is 11.1. The Morgan fingerprint density at radius 1 is 1.32 bits per heavy atom. The van der Waals surface area contributed by atoms with Crippen LogP contribution in [0.25, 0.3) is 11.1 Å². The summed E-state index contributed by atoms with van der Waals surface area (Å²) in [6, 6.07) is 8.33. The van der Waals surface area contributed by atoms with Gasteiger partial charge in [0.1, 0.15) is 5.75 Å². The van der Waals surface area contributed by atoms with Gasteiger partial charge in [-0.15, -0.1) is 0 Å². The summed E-state index contributed by atoms with van der Waals surface area (Å²) in [4.78, 5) is 4.23. The van der Waals surface area contributed by atoms with Gasteiger partial charge < -0.3 is 10.5 Å².